The number of rotatable bonds is 4. The highest BCUT2D eigenvalue weighted by Gasteiger charge is 2.41. The number of methoxy groups -OCH3 is 1. The number of hydrogen-bond donors (Lipinski definition) is 1. The molecule has 1 aromatic carbocycles. The molecule has 6 heteroatoms. The average Bonchev–Trinajstić information content (AvgIpc) is 3.00. The molecule has 2 fully saturated rings. The summed E-state index contributed by atoms with van der Waals surface area (Å²) in [5.74, 6) is 1.68. The Morgan fingerprint density at radius 2 is 2.10 bits per heavy atom. The summed E-state index contributed by atoms with van der Waals surface area (Å²) in [6.07, 6.45) is 4.52. The molecular weight excluding hydrogens is 298 g/mol. The van der Waals surface area contributed by atoms with Crippen LogP contribution < -0.4 is 9.46 Å². The Labute approximate surface area is 124 Å². The summed E-state index contributed by atoms with van der Waals surface area (Å²) in [6.45, 7) is 0. The van der Waals surface area contributed by atoms with Crippen LogP contribution in [0.5, 0.6) is 5.75 Å². The second-order valence-corrected chi connectivity index (χ2v) is 7.82. The van der Waals surface area contributed by atoms with Crippen LogP contribution in [0, 0.1) is 11.8 Å². The smallest absolute Gasteiger partial charge is 0.240 e. The van der Waals surface area contributed by atoms with Crippen LogP contribution >= 0.6 is 11.6 Å². The molecule has 3 rings (SSSR count). The van der Waals surface area contributed by atoms with Crippen LogP contribution in [0.15, 0.2) is 23.1 Å². The molecule has 2 aliphatic rings. The Balaban J connectivity index is 1.79. The van der Waals surface area contributed by atoms with E-state index >= 15 is 0 Å². The maximum absolute atomic E-state index is 12.4. The van der Waals surface area contributed by atoms with Gasteiger partial charge in [0.2, 0.25) is 10.0 Å². The van der Waals surface area contributed by atoms with Gasteiger partial charge in [-0.15, -0.1) is 0 Å². The van der Waals surface area contributed by atoms with Crippen molar-refractivity contribution in [3.05, 3.63) is 23.2 Å². The molecule has 0 heterocycles. The summed E-state index contributed by atoms with van der Waals surface area (Å²) < 4.78 is 32.7. The van der Waals surface area contributed by atoms with E-state index in [2.05, 4.69) is 4.72 Å². The summed E-state index contributed by atoms with van der Waals surface area (Å²) in [5.41, 5.74) is 0. The topological polar surface area (TPSA) is 55.4 Å². The fourth-order valence-corrected chi connectivity index (χ4v) is 5.14. The first-order chi connectivity index (χ1) is 9.49. The third kappa shape index (κ3) is 2.54. The highest BCUT2D eigenvalue weighted by molar-refractivity contribution is 7.89. The van der Waals surface area contributed by atoms with Gasteiger partial charge in [-0.25, -0.2) is 13.1 Å². The second kappa shape index (κ2) is 5.20. The lowest BCUT2D eigenvalue weighted by molar-refractivity contribution is 0.390. The molecule has 1 aromatic rings. The van der Waals surface area contributed by atoms with E-state index in [1.54, 1.807) is 6.07 Å². The van der Waals surface area contributed by atoms with Gasteiger partial charge in [0, 0.05) is 6.04 Å². The molecule has 0 radical (unpaired) electrons. The molecule has 2 saturated carbocycles. The van der Waals surface area contributed by atoms with Crippen molar-refractivity contribution in [2.75, 3.05) is 7.11 Å². The van der Waals surface area contributed by atoms with Gasteiger partial charge >= 0.3 is 0 Å². The van der Waals surface area contributed by atoms with Crippen molar-refractivity contribution in [2.45, 2.75) is 36.6 Å². The van der Waals surface area contributed by atoms with Gasteiger partial charge in [-0.3, -0.25) is 0 Å². The zero-order valence-corrected chi connectivity index (χ0v) is 12.9. The first-order valence-corrected chi connectivity index (χ1v) is 8.71. The lowest BCUT2D eigenvalue weighted by Crippen LogP contribution is -2.38. The summed E-state index contributed by atoms with van der Waals surface area (Å²) in [7, 11) is -2.00. The van der Waals surface area contributed by atoms with Crippen molar-refractivity contribution in [3.8, 4) is 5.75 Å². The average molecular weight is 316 g/mol. The van der Waals surface area contributed by atoms with Gasteiger partial charge in [0.1, 0.15) is 5.75 Å². The second-order valence-electron chi connectivity index (χ2n) is 5.70. The molecular formula is C14H18ClNO3S. The van der Waals surface area contributed by atoms with Gasteiger partial charge in [0.15, 0.2) is 0 Å². The number of halogens is 1. The van der Waals surface area contributed by atoms with E-state index in [-0.39, 0.29) is 10.9 Å². The van der Waals surface area contributed by atoms with Gasteiger partial charge in [-0.2, -0.15) is 0 Å². The van der Waals surface area contributed by atoms with Crippen LogP contribution in [-0.2, 0) is 10.0 Å². The molecule has 0 aliphatic heterocycles. The first kappa shape index (κ1) is 14.2. The highest BCUT2D eigenvalue weighted by atomic mass is 35.5. The molecule has 3 atom stereocenters. The predicted molar refractivity (Wildman–Crippen MR) is 77.6 cm³/mol. The number of fused-ring (bicyclic) bond motifs is 2. The molecule has 1 N–H and O–H groups in total. The normalized spacial score (nSPS) is 28.8. The van der Waals surface area contributed by atoms with E-state index in [0.29, 0.717) is 22.6 Å². The summed E-state index contributed by atoms with van der Waals surface area (Å²) in [4.78, 5) is 0.200. The number of benzene rings is 1. The first-order valence-electron chi connectivity index (χ1n) is 6.85. The minimum Gasteiger partial charge on any atom is -0.495 e. The third-order valence-corrected chi connectivity index (χ3v) is 6.26. The molecule has 4 nitrogen and oxygen atoms in total. The Bertz CT molecular complexity index is 617. The van der Waals surface area contributed by atoms with E-state index in [1.165, 1.54) is 25.7 Å². The minimum absolute atomic E-state index is 0.0830. The lowest BCUT2D eigenvalue weighted by Gasteiger charge is -2.22. The lowest BCUT2D eigenvalue weighted by atomic mass is 9.96. The predicted octanol–water partition coefficient (Wildman–Crippen LogP) is 2.82. The van der Waals surface area contributed by atoms with Crippen molar-refractivity contribution in [2.24, 2.45) is 11.8 Å². The fourth-order valence-electron chi connectivity index (χ4n) is 3.47. The maximum Gasteiger partial charge on any atom is 0.240 e. The monoisotopic (exact) mass is 315 g/mol. The van der Waals surface area contributed by atoms with Crippen LogP contribution in [0.2, 0.25) is 5.02 Å². The molecule has 20 heavy (non-hydrogen) atoms. The van der Waals surface area contributed by atoms with Gasteiger partial charge in [-0.05, 0) is 49.3 Å². The highest BCUT2D eigenvalue weighted by Crippen LogP contribution is 2.44. The van der Waals surface area contributed by atoms with E-state index in [1.807, 2.05) is 0 Å². The zero-order chi connectivity index (χ0) is 14.3. The van der Waals surface area contributed by atoms with Gasteiger partial charge in [-0.1, -0.05) is 18.0 Å². The van der Waals surface area contributed by atoms with Crippen molar-refractivity contribution in [1.29, 1.82) is 0 Å². The van der Waals surface area contributed by atoms with Gasteiger partial charge < -0.3 is 4.74 Å². The Hall–Kier alpha value is -0.780. The minimum atomic E-state index is -3.50. The van der Waals surface area contributed by atoms with Crippen LogP contribution in [0.25, 0.3) is 0 Å². The van der Waals surface area contributed by atoms with Crippen LogP contribution in [0.3, 0.4) is 0 Å². The number of nitrogens with one attached hydrogen (secondary N) is 1. The van der Waals surface area contributed by atoms with Crippen molar-refractivity contribution in [3.63, 3.8) is 0 Å². The molecule has 0 aromatic heterocycles. The van der Waals surface area contributed by atoms with Crippen LogP contribution in [-0.4, -0.2) is 21.6 Å². The fraction of sp³-hybridized carbons (Fsp3) is 0.571. The van der Waals surface area contributed by atoms with E-state index in [0.717, 1.165) is 19.3 Å². The van der Waals surface area contributed by atoms with Gasteiger partial charge in [0.05, 0.1) is 17.0 Å². The maximum atomic E-state index is 12.4. The van der Waals surface area contributed by atoms with E-state index in [9.17, 15) is 8.42 Å². The largest absolute Gasteiger partial charge is 0.495 e. The summed E-state index contributed by atoms with van der Waals surface area (Å²) >= 11 is 6.00. The van der Waals surface area contributed by atoms with Crippen LogP contribution in [0.4, 0.5) is 0 Å². The van der Waals surface area contributed by atoms with Crippen molar-refractivity contribution in [1.82, 2.24) is 4.72 Å². The molecule has 0 spiro atoms. The molecule has 0 saturated heterocycles. The Morgan fingerprint density at radius 1 is 1.30 bits per heavy atom. The summed E-state index contributed by atoms with van der Waals surface area (Å²) in [6, 6.07) is 4.63. The quantitative estimate of drug-likeness (QED) is 0.929. The molecule has 2 aliphatic carbocycles. The SMILES string of the molecule is COc1ccc(S(=O)(=O)N[C@H]2C[C@@H]3CC[C@@H]2C3)cc1Cl. The standard InChI is InChI=1S/C14H18ClNO3S/c1-19-14-5-4-11(8-12(14)15)20(17,18)16-13-7-9-2-3-10(13)6-9/h4-5,8-10,13,16H,2-3,6-7H2,1H3/t9-,10-,13+/m1/s1. The molecule has 0 unspecified atom stereocenters. The third-order valence-electron chi connectivity index (χ3n) is 4.48. The zero-order valence-electron chi connectivity index (χ0n) is 11.3. The Morgan fingerprint density at radius 3 is 2.65 bits per heavy atom. The number of hydrogen-bond acceptors (Lipinski definition) is 3. The van der Waals surface area contributed by atoms with Gasteiger partial charge in [0.25, 0.3) is 0 Å². The van der Waals surface area contributed by atoms with Crippen molar-refractivity contribution < 1.29 is 13.2 Å². The molecule has 0 amide bonds. The molecule has 110 valence electrons. The summed E-state index contributed by atoms with van der Waals surface area (Å²) in [5, 5.41) is 0.309. The Kier molecular flexibility index (Phi) is 3.69. The number of sulfonamides is 1. The van der Waals surface area contributed by atoms with Crippen molar-refractivity contribution >= 4 is 21.6 Å². The van der Waals surface area contributed by atoms with E-state index < -0.39 is 10.0 Å². The number of ether oxygens (including phenoxy) is 1. The van der Waals surface area contributed by atoms with Crippen LogP contribution in [0.1, 0.15) is 25.7 Å². The van der Waals surface area contributed by atoms with E-state index in [4.69, 9.17) is 16.3 Å². The molecule has 2 bridgehead atoms.